The molecule has 0 bridgehead atoms. The second kappa shape index (κ2) is 3.68. The monoisotopic (exact) mass is 167 g/mol. The molecule has 1 aromatic carbocycles. The Morgan fingerprint density at radius 1 is 1.42 bits per heavy atom. The van der Waals surface area contributed by atoms with Crippen molar-refractivity contribution in [1.82, 2.24) is 0 Å². The van der Waals surface area contributed by atoms with Crippen molar-refractivity contribution in [3.63, 3.8) is 0 Å². The van der Waals surface area contributed by atoms with Crippen molar-refractivity contribution in [2.24, 2.45) is 5.73 Å². The zero-order valence-corrected chi connectivity index (χ0v) is 7.47. The van der Waals surface area contributed by atoms with Gasteiger partial charge in [-0.1, -0.05) is 23.8 Å². The first-order chi connectivity index (χ1) is 5.63. The number of hydrogen-bond acceptors (Lipinski definition) is 1. The SMILES string of the molecule is Cc1cc(CN)cc(C(C)F)c1. The van der Waals surface area contributed by atoms with E-state index in [-0.39, 0.29) is 0 Å². The fourth-order valence-corrected chi connectivity index (χ4v) is 1.24. The van der Waals surface area contributed by atoms with Gasteiger partial charge in [0.15, 0.2) is 0 Å². The molecular weight excluding hydrogens is 153 g/mol. The molecule has 1 atom stereocenters. The van der Waals surface area contributed by atoms with Crippen LogP contribution < -0.4 is 5.73 Å². The van der Waals surface area contributed by atoms with Crippen LogP contribution in [0, 0.1) is 6.92 Å². The molecule has 0 spiro atoms. The first-order valence-corrected chi connectivity index (χ1v) is 4.08. The van der Waals surface area contributed by atoms with E-state index >= 15 is 0 Å². The third-order valence-electron chi connectivity index (χ3n) is 1.85. The van der Waals surface area contributed by atoms with Crippen molar-refractivity contribution in [3.8, 4) is 0 Å². The molecule has 2 heteroatoms. The van der Waals surface area contributed by atoms with Crippen molar-refractivity contribution < 1.29 is 4.39 Å². The molecule has 1 rings (SSSR count). The van der Waals surface area contributed by atoms with E-state index < -0.39 is 6.17 Å². The minimum Gasteiger partial charge on any atom is -0.326 e. The molecule has 2 N–H and O–H groups in total. The summed E-state index contributed by atoms with van der Waals surface area (Å²) in [6.07, 6.45) is -0.907. The van der Waals surface area contributed by atoms with Crippen LogP contribution in [0.4, 0.5) is 4.39 Å². The molecular formula is C10H14FN. The van der Waals surface area contributed by atoms with Gasteiger partial charge in [-0.3, -0.25) is 0 Å². The summed E-state index contributed by atoms with van der Waals surface area (Å²) in [6, 6.07) is 5.65. The summed E-state index contributed by atoms with van der Waals surface area (Å²) in [6.45, 7) is 3.96. The highest BCUT2D eigenvalue weighted by Gasteiger charge is 2.03. The molecule has 1 unspecified atom stereocenters. The number of alkyl halides is 1. The summed E-state index contributed by atoms with van der Waals surface area (Å²) in [5.41, 5.74) is 8.25. The van der Waals surface area contributed by atoms with E-state index in [1.54, 1.807) is 0 Å². The lowest BCUT2D eigenvalue weighted by molar-refractivity contribution is 0.374. The summed E-state index contributed by atoms with van der Waals surface area (Å²) in [5.74, 6) is 0. The maximum absolute atomic E-state index is 12.9. The Morgan fingerprint density at radius 3 is 2.58 bits per heavy atom. The Morgan fingerprint density at radius 2 is 2.08 bits per heavy atom. The molecule has 0 amide bonds. The number of hydrogen-bond donors (Lipinski definition) is 1. The minimum atomic E-state index is -0.907. The Kier molecular flexibility index (Phi) is 2.82. The second-order valence-corrected chi connectivity index (χ2v) is 3.07. The molecule has 0 heterocycles. The van der Waals surface area contributed by atoms with Gasteiger partial charge in [0, 0.05) is 6.54 Å². The van der Waals surface area contributed by atoms with Crippen LogP contribution in [-0.4, -0.2) is 0 Å². The molecule has 1 aromatic rings. The maximum Gasteiger partial charge on any atom is 0.122 e. The van der Waals surface area contributed by atoms with Gasteiger partial charge in [-0.15, -0.1) is 0 Å². The molecule has 0 aliphatic rings. The van der Waals surface area contributed by atoms with Gasteiger partial charge in [0.2, 0.25) is 0 Å². The van der Waals surface area contributed by atoms with Gasteiger partial charge >= 0.3 is 0 Å². The average Bonchev–Trinajstić information content (AvgIpc) is 2.03. The van der Waals surface area contributed by atoms with Crippen LogP contribution in [0.2, 0.25) is 0 Å². The fraction of sp³-hybridized carbons (Fsp3) is 0.400. The third kappa shape index (κ3) is 2.05. The Labute approximate surface area is 72.4 Å². The van der Waals surface area contributed by atoms with Gasteiger partial charge in [-0.25, -0.2) is 4.39 Å². The lowest BCUT2D eigenvalue weighted by Crippen LogP contribution is -1.98. The topological polar surface area (TPSA) is 26.0 Å². The smallest absolute Gasteiger partial charge is 0.122 e. The van der Waals surface area contributed by atoms with Crippen molar-refractivity contribution in [1.29, 1.82) is 0 Å². The van der Waals surface area contributed by atoms with Crippen molar-refractivity contribution in [2.75, 3.05) is 0 Å². The number of halogens is 1. The summed E-state index contributed by atoms with van der Waals surface area (Å²) < 4.78 is 12.9. The summed E-state index contributed by atoms with van der Waals surface area (Å²) in [7, 11) is 0. The van der Waals surface area contributed by atoms with Gasteiger partial charge in [-0.05, 0) is 25.0 Å². The quantitative estimate of drug-likeness (QED) is 0.719. The van der Waals surface area contributed by atoms with Crippen LogP contribution in [0.15, 0.2) is 18.2 Å². The van der Waals surface area contributed by atoms with Gasteiger partial charge in [-0.2, -0.15) is 0 Å². The second-order valence-electron chi connectivity index (χ2n) is 3.07. The van der Waals surface area contributed by atoms with Crippen LogP contribution >= 0.6 is 0 Å². The molecule has 0 aliphatic carbocycles. The standard InChI is InChI=1S/C10H14FN/c1-7-3-9(6-12)5-10(4-7)8(2)11/h3-5,8H,6,12H2,1-2H3. The van der Waals surface area contributed by atoms with Gasteiger partial charge in [0.25, 0.3) is 0 Å². The lowest BCUT2D eigenvalue weighted by Gasteiger charge is -2.06. The number of aryl methyl sites for hydroxylation is 1. The van der Waals surface area contributed by atoms with E-state index in [4.69, 9.17) is 5.73 Å². The molecule has 0 aliphatic heterocycles. The van der Waals surface area contributed by atoms with E-state index in [2.05, 4.69) is 0 Å². The van der Waals surface area contributed by atoms with Crippen LogP contribution in [0.5, 0.6) is 0 Å². The van der Waals surface area contributed by atoms with Crippen LogP contribution in [0.1, 0.15) is 29.8 Å². The third-order valence-corrected chi connectivity index (χ3v) is 1.85. The first-order valence-electron chi connectivity index (χ1n) is 4.08. The summed E-state index contributed by atoms with van der Waals surface area (Å²) in [4.78, 5) is 0. The highest BCUT2D eigenvalue weighted by atomic mass is 19.1. The maximum atomic E-state index is 12.9. The predicted molar refractivity (Wildman–Crippen MR) is 48.6 cm³/mol. The zero-order valence-electron chi connectivity index (χ0n) is 7.47. The highest BCUT2D eigenvalue weighted by molar-refractivity contribution is 5.30. The molecule has 12 heavy (non-hydrogen) atoms. The largest absolute Gasteiger partial charge is 0.326 e. The zero-order chi connectivity index (χ0) is 9.14. The van der Waals surface area contributed by atoms with Gasteiger partial charge < -0.3 is 5.73 Å². The average molecular weight is 167 g/mol. The van der Waals surface area contributed by atoms with Crippen molar-refractivity contribution in [2.45, 2.75) is 26.6 Å². The van der Waals surface area contributed by atoms with Crippen LogP contribution in [0.25, 0.3) is 0 Å². The first kappa shape index (κ1) is 9.20. The van der Waals surface area contributed by atoms with Crippen LogP contribution in [-0.2, 0) is 6.54 Å². The van der Waals surface area contributed by atoms with Gasteiger partial charge in [0.05, 0.1) is 0 Å². The van der Waals surface area contributed by atoms with Crippen molar-refractivity contribution in [3.05, 3.63) is 34.9 Å². The lowest BCUT2D eigenvalue weighted by atomic mass is 10.0. The van der Waals surface area contributed by atoms with E-state index in [0.717, 1.165) is 16.7 Å². The van der Waals surface area contributed by atoms with Crippen LogP contribution in [0.3, 0.4) is 0 Å². The number of nitrogens with two attached hydrogens (primary N) is 1. The number of benzene rings is 1. The molecule has 0 saturated carbocycles. The molecule has 0 aromatic heterocycles. The molecule has 0 saturated heterocycles. The minimum absolute atomic E-state index is 0.474. The number of rotatable bonds is 2. The normalized spacial score (nSPS) is 13.0. The molecule has 0 radical (unpaired) electrons. The summed E-state index contributed by atoms with van der Waals surface area (Å²) >= 11 is 0. The Bertz CT molecular complexity index is 269. The van der Waals surface area contributed by atoms with E-state index in [0.29, 0.717) is 6.54 Å². The van der Waals surface area contributed by atoms with E-state index in [9.17, 15) is 4.39 Å². The van der Waals surface area contributed by atoms with E-state index in [1.807, 2.05) is 25.1 Å². The van der Waals surface area contributed by atoms with Gasteiger partial charge in [0.1, 0.15) is 6.17 Å². The Balaban J connectivity index is 3.06. The fourth-order valence-electron chi connectivity index (χ4n) is 1.24. The molecule has 0 fully saturated rings. The molecule has 66 valence electrons. The predicted octanol–water partition coefficient (Wildman–Crippen LogP) is 2.48. The highest BCUT2D eigenvalue weighted by Crippen LogP contribution is 2.19. The Hall–Kier alpha value is -0.890. The van der Waals surface area contributed by atoms with E-state index in [1.165, 1.54) is 6.92 Å². The summed E-state index contributed by atoms with van der Waals surface area (Å²) in [5, 5.41) is 0. The van der Waals surface area contributed by atoms with Crippen molar-refractivity contribution >= 4 is 0 Å². The molecule has 1 nitrogen and oxygen atoms in total.